The fourth-order valence-corrected chi connectivity index (χ4v) is 2.22. The van der Waals surface area contributed by atoms with Crippen molar-refractivity contribution in [1.82, 2.24) is 10.6 Å². The van der Waals surface area contributed by atoms with E-state index in [0.29, 0.717) is 6.61 Å². The third kappa shape index (κ3) is 11.3. The van der Waals surface area contributed by atoms with Gasteiger partial charge in [0.1, 0.15) is 11.6 Å². The molecule has 5 nitrogen and oxygen atoms in total. The number of nitrogen functional groups attached to an aromatic ring is 1. The van der Waals surface area contributed by atoms with Crippen molar-refractivity contribution >= 4 is 18.2 Å². The van der Waals surface area contributed by atoms with Crippen molar-refractivity contribution in [3.05, 3.63) is 29.8 Å². The van der Waals surface area contributed by atoms with E-state index in [1.165, 1.54) is 25.7 Å². The molecule has 0 spiro atoms. The second-order valence-electron chi connectivity index (χ2n) is 5.70. The van der Waals surface area contributed by atoms with Crippen LogP contribution in [0.15, 0.2) is 24.3 Å². The summed E-state index contributed by atoms with van der Waals surface area (Å²) in [6.45, 7) is 7.05. The molecule has 24 heavy (non-hydrogen) atoms. The molecule has 0 saturated heterocycles. The second kappa shape index (κ2) is 15.2. The molecule has 1 aromatic rings. The third-order valence-electron chi connectivity index (χ3n) is 3.62. The lowest BCUT2D eigenvalue weighted by Gasteiger charge is -2.08. The Hall–Kier alpha value is -1.30. The zero-order valence-corrected chi connectivity index (χ0v) is 15.6. The SMILES string of the molecule is CCCCCCNCCNCCCOc1ccc(C(=N)N)cc1.Cl. The number of unbranched alkanes of at least 4 members (excludes halogenated alkanes) is 3. The molecule has 1 aromatic carbocycles. The second-order valence-corrected chi connectivity index (χ2v) is 5.70. The molecule has 0 heterocycles. The molecule has 138 valence electrons. The molecule has 1 rings (SSSR count). The van der Waals surface area contributed by atoms with Crippen LogP contribution in [0.25, 0.3) is 0 Å². The Labute approximate surface area is 152 Å². The zero-order chi connectivity index (χ0) is 16.8. The van der Waals surface area contributed by atoms with Gasteiger partial charge in [0, 0.05) is 18.7 Å². The van der Waals surface area contributed by atoms with E-state index < -0.39 is 0 Å². The molecular weight excluding hydrogens is 324 g/mol. The molecule has 5 N–H and O–H groups in total. The highest BCUT2D eigenvalue weighted by Gasteiger charge is 1.97. The minimum absolute atomic E-state index is 0. The average Bonchev–Trinajstić information content (AvgIpc) is 2.56. The normalized spacial score (nSPS) is 10.2. The van der Waals surface area contributed by atoms with Gasteiger partial charge in [-0.15, -0.1) is 12.4 Å². The molecule has 0 radical (unpaired) electrons. The lowest BCUT2D eigenvalue weighted by atomic mass is 10.2. The van der Waals surface area contributed by atoms with Crippen LogP contribution in [-0.4, -0.2) is 38.6 Å². The highest BCUT2D eigenvalue weighted by molar-refractivity contribution is 5.94. The van der Waals surface area contributed by atoms with Crippen LogP contribution in [0.5, 0.6) is 5.75 Å². The topological polar surface area (TPSA) is 83.2 Å². The first-order valence-electron chi connectivity index (χ1n) is 8.72. The summed E-state index contributed by atoms with van der Waals surface area (Å²) in [6, 6.07) is 7.32. The Morgan fingerprint density at radius 2 is 1.58 bits per heavy atom. The fourth-order valence-electron chi connectivity index (χ4n) is 2.22. The molecule has 0 fully saturated rings. The summed E-state index contributed by atoms with van der Waals surface area (Å²) in [7, 11) is 0. The van der Waals surface area contributed by atoms with Gasteiger partial charge in [0.2, 0.25) is 0 Å². The van der Waals surface area contributed by atoms with Crippen molar-refractivity contribution < 1.29 is 4.74 Å². The minimum atomic E-state index is 0. The monoisotopic (exact) mass is 356 g/mol. The number of benzene rings is 1. The standard InChI is InChI=1S/C18H32N4O.ClH/c1-2-3-4-5-11-21-13-14-22-12-6-15-23-17-9-7-16(8-10-17)18(19)20;/h7-10,21-22H,2-6,11-15H2,1H3,(H3,19,20);1H. The van der Waals surface area contributed by atoms with Crippen LogP contribution < -0.4 is 21.1 Å². The molecule has 0 aliphatic carbocycles. The number of halogens is 1. The van der Waals surface area contributed by atoms with Crippen LogP contribution in [0.2, 0.25) is 0 Å². The molecule has 0 aliphatic rings. The lowest BCUT2D eigenvalue weighted by molar-refractivity contribution is 0.308. The number of nitrogens with one attached hydrogen (secondary N) is 3. The molecule has 0 aliphatic heterocycles. The van der Waals surface area contributed by atoms with Gasteiger partial charge in [0.25, 0.3) is 0 Å². The Kier molecular flexibility index (Phi) is 14.4. The molecule has 0 amide bonds. The lowest BCUT2D eigenvalue weighted by Crippen LogP contribution is -2.29. The molecule has 0 atom stereocenters. The summed E-state index contributed by atoms with van der Waals surface area (Å²) in [4.78, 5) is 0. The van der Waals surface area contributed by atoms with Gasteiger partial charge in [-0.1, -0.05) is 26.2 Å². The van der Waals surface area contributed by atoms with Crippen molar-refractivity contribution in [2.24, 2.45) is 5.73 Å². The van der Waals surface area contributed by atoms with Gasteiger partial charge in [0.15, 0.2) is 0 Å². The first kappa shape index (κ1) is 22.7. The summed E-state index contributed by atoms with van der Waals surface area (Å²) < 4.78 is 5.66. The predicted molar refractivity (Wildman–Crippen MR) is 105 cm³/mol. The van der Waals surface area contributed by atoms with Crippen molar-refractivity contribution in [1.29, 1.82) is 5.41 Å². The van der Waals surface area contributed by atoms with Crippen LogP contribution in [0.3, 0.4) is 0 Å². The van der Waals surface area contributed by atoms with Crippen LogP contribution in [0.1, 0.15) is 44.6 Å². The van der Waals surface area contributed by atoms with Gasteiger partial charge < -0.3 is 21.1 Å². The van der Waals surface area contributed by atoms with Gasteiger partial charge in [-0.05, 0) is 50.2 Å². The van der Waals surface area contributed by atoms with E-state index >= 15 is 0 Å². The van der Waals surface area contributed by atoms with E-state index in [1.807, 2.05) is 24.3 Å². The van der Waals surface area contributed by atoms with Crippen LogP contribution in [0, 0.1) is 5.41 Å². The fraction of sp³-hybridized carbons (Fsp3) is 0.611. The number of hydrogen-bond acceptors (Lipinski definition) is 4. The van der Waals surface area contributed by atoms with E-state index in [2.05, 4.69) is 17.6 Å². The zero-order valence-electron chi connectivity index (χ0n) is 14.8. The van der Waals surface area contributed by atoms with E-state index in [0.717, 1.165) is 43.9 Å². The molecule has 0 aromatic heterocycles. The van der Waals surface area contributed by atoms with Crippen LogP contribution in [-0.2, 0) is 0 Å². The van der Waals surface area contributed by atoms with Crippen molar-refractivity contribution in [3.8, 4) is 5.75 Å². The maximum atomic E-state index is 7.33. The number of ether oxygens (including phenoxy) is 1. The Balaban J connectivity index is 0.00000529. The number of hydrogen-bond donors (Lipinski definition) is 4. The quantitative estimate of drug-likeness (QED) is 0.234. The summed E-state index contributed by atoms with van der Waals surface area (Å²) in [5, 5.41) is 14.2. The van der Waals surface area contributed by atoms with E-state index in [9.17, 15) is 0 Å². The number of nitrogens with two attached hydrogens (primary N) is 1. The molecule has 0 bridgehead atoms. The highest BCUT2D eigenvalue weighted by atomic mass is 35.5. The number of rotatable bonds is 14. The largest absolute Gasteiger partial charge is 0.494 e. The van der Waals surface area contributed by atoms with Crippen LogP contribution >= 0.6 is 12.4 Å². The highest BCUT2D eigenvalue weighted by Crippen LogP contribution is 2.11. The Morgan fingerprint density at radius 1 is 0.958 bits per heavy atom. The molecule has 0 unspecified atom stereocenters. The summed E-state index contributed by atoms with van der Waals surface area (Å²) in [5.41, 5.74) is 6.14. The molecular formula is C18H33ClN4O. The van der Waals surface area contributed by atoms with E-state index in [-0.39, 0.29) is 18.2 Å². The number of amidine groups is 1. The Morgan fingerprint density at radius 3 is 2.17 bits per heavy atom. The van der Waals surface area contributed by atoms with Gasteiger partial charge in [-0.25, -0.2) is 0 Å². The predicted octanol–water partition coefficient (Wildman–Crippen LogP) is 2.92. The Bertz CT molecular complexity index is 426. The van der Waals surface area contributed by atoms with E-state index in [4.69, 9.17) is 15.9 Å². The van der Waals surface area contributed by atoms with Gasteiger partial charge >= 0.3 is 0 Å². The first-order valence-corrected chi connectivity index (χ1v) is 8.72. The van der Waals surface area contributed by atoms with Gasteiger partial charge in [0.05, 0.1) is 6.61 Å². The van der Waals surface area contributed by atoms with Gasteiger partial charge in [-0.2, -0.15) is 0 Å². The summed E-state index contributed by atoms with van der Waals surface area (Å²) in [6.07, 6.45) is 6.23. The maximum Gasteiger partial charge on any atom is 0.122 e. The minimum Gasteiger partial charge on any atom is -0.494 e. The van der Waals surface area contributed by atoms with Gasteiger partial charge in [-0.3, -0.25) is 5.41 Å². The van der Waals surface area contributed by atoms with Crippen LogP contribution in [0.4, 0.5) is 0 Å². The third-order valence-corrected chi connectivity index (χ3v) is 3.62. The maximum absolute atomic E-state index is 7.33. The molecule has 0 saturated carbocycles. The van der Waals surface area contributed by atoms with Crippen molar-refractivity contribution in [2.75, 3.05) is 32.8 Å². The molecule has 6 heteroatoms. The summed E-state index contributed by atoms with van der Waals surface area (Å²) in [5.74, 6) is 0.906. The smallest absolute Gasteiger partial charge is 0.122 e. The summed E-state index contributed by atoms with van der Waals surface area (Å²) >= 11 is 0. The van der Waals surface area contributed by atoms with E-state index in [1.54, 1.807) is 0 Å². The van der Waals surface area contributed by atoms with Crippen molar-refractivity contribution in [3.63, 3.8) is 0 Å². The van der Waals surface area contributed by atoms with Crippen molar-refractivity contribution in [2.45, 2.75) is 39.0 Å². The first-order chi connectivity index (χ1) is 11.2. The average molecular weight is 357 g/mol.